The van der Waals surface area contributed by atoms with Gasteiger partial charge in [-0.15, -0.1) is 0 Å². The van der Waals surface area contributed by atoms with E-state index in [1.54, 1.807) is 13.0 Å². The fourth-order valence-corrected chi connectivity index (χ4v) is 1.67. The van der Waals surface area contributed by atoms with Crippen LogP contribution in [-0.2, 0) is 4.79 Å². The molecule has 0 aliphatic heterocycles. The van der Waals surface area contributed by atoms with Crippen molar-refractivity contribution >= 4 is 27.5 Å². The molecular weight excluding hydrogens is 273 g/mol. The maximum atomic E-state index is 13.1. The molecule has 88 valence electrons. The molecule has 0 spiro atoms. The smallest absolute Gasteiger partial charge is 0.224 e. The minimum Gasteiger partial charge on any atom is -0.326 e. The molecule has 4 heteroatoms. The van der Waals surface area contributed by atoms with Crippen LogP contribution in [-0.4, -0.2) is 5.91 Å². The Bertz CT molecular complexity index is 393. The third-order valence-corrected chi connectivity index (χ3v) is 2.91. The highest BCUT2D eigenvalue weighted by molar-refractivity contribution is 9.10. The summed E-state index contributed by atoms with van der Waals surface area (Å²) in [6.45, 7) is 3.80. The number of halogens is 2. The van der Waals surface area contributed by atoms with Crippen molar-refractivity contribution in [1.82, 2.24) is 0 Å². The number of benzene rings is 1. The summed E-state index contributed by atoms with van der Waals surface area (Å²) in [5.74, 6) is -0.340. The van der Waals surface area contributed by atoms with E-state index in [0.29, 0.717) is 16.6 Å². The van der Waals surface area contributed by atoms with Crippen LogP contribution in [0.4, 0.5) is 10.1 Å². The van der Waals surface area contributed by atoms with Crippen molar-refractivity contribution in [3.63, 3.8) is 0 Å². The van der Waals surface area contributed by atoms with Gasteiger partial charge in [0.1, 0.15) is 5.82 Å². The highest BCUT2D eigenvalue weighted by Gasteiger charge is 2.08. The molecule has 0 radical (unpaired) electrons. The van der Waals surface area contributed by atoms with Gasteiger partial charge in [0.2, 0.25) is 5.91 Å². The second kappa shape index (κ2) is 5.99. The predicted octanol–water partition coefficient (Wildman–Crippen LogP) is 4.03. The minimum atomic E-state index is -0.316. The SMILES string of the molecule is CCCCC(=O)Nc1cc(Br)c(F)cc1C. The van der Waals surface area contributed by atoms with Crippen LogP contribution in [0.15, 0.2) is 16.6 Å². The maximum Gasteiger partial charge on any atom is 0.224 e. The standard InChI is InChI=1S/C12H15BrFNO/c1-3-4-5-12(16)15-11-7-9(13)10(14)6-8(11)2/h6-7H,3-5H2,1-2H3,(H,15,16). The Labute approximate surface area is 103 Å². The number of aryl methyl sites for hydroxylation is 1. The maximum absolute atomic E-state index is 13.1. The molecule has 0 bridgehead atoms. The van der Waals surface area contributed by atoms with E-state index >= 15 is 0 Å². The van der Waals surface area contributed by atoms with Crippen molar-refractivity contribution in [2.24, 2.45) is 0 Å². The average Bonchev–Trinajstić information content (AvgIpc) is 2.23. The summed E-state index contributed by atoms with van der Waals surface area (Å²) >= 11 is 3.10. The molecular formula is C12H15BrFNO. The monoisotopic (exact) mass is 287 g/mol. The molecule has 16 heavy (non-hydrogen) atoms. The van der Waals surface area contributed by atoms with E-state index in [1.165, 1.54) is 6.07 Å². The van der Waals surface area contributed by atoms with Gasteiger partial charge in [-0.3, -0.25) is 4.79 Å². The lowest BCUT2D eigenvalue weighted by atomic mass is 10.2. The van der Waals surface area contributed by atoms with Gasteiger partial charge in [0.05, 0.1) is 4.47 Å². The number of carbonyl (C=O) groups is 1. The van der Waals surface area contributed by atoms with E-state index in [9.17, 15) is 9.18 Å². The normalized spacial score (nSPS) is 10.2. The van der Waals surface area contributed by atoms with Crippen LogP contribution < -0.4 is 5.32 Å². The first-order valence-corrected chi connectivity index (χ1v) is 6.09. The third kappa shape index (κ3) is 3.59. The van der Waals surface area contributed by atoms with Gasteiger partial charge in [-0.2, -0.15) is 0 Å². The summed E-state index contributed by atoms with van der Waals surface area (Å²) in [4.78, 5) is 11.5. The molecule has 0 atom stereocenters. The largest absolute Gasteiger partial charge is 0.326 e. The topological polar surface area (TPSA) is 29.1 Å². The van der Waals surface area contributed by atoms with Gasteiger partial charge in [0, 0.05) is 12.1 Å². The highest BCUT2D eigenvalue weighted by Crippen LogP contribution is 2.24. The van der Waals surface area contributed by atoms with E-state index in [-0.39, 0.29) is 11.7 Å². The molecule has 1 N–H and O–H groups in total. The second-order valence-corrected chi connectivity index (χ2v) is 4.59. The number of anilines is 1. The van der Waals surface area contributed by atoms with Gasteiger partial charge in [-0.05, 0) is 47.0 Å². The van der Waals surface area contributed by atoms with Crippen LogP contribution in [0, 0.1) is 12.7 Å². The molecule has 0 saturated heterocycles. The Morgan fingerprint density at radius 1 is 1.50 bits per heavy atom. The summed E-state index contributed by atoms with van der Waals surface area (Å²) in [5.41, 5.74) is 1.39. The van der Waals surface area contributed by atoms with Crippen molar-refractivity contribution in [3.05, 3.63) is 28.0 Å². The van der Waals surface area contributed by atoms with Crippen LogP contribution >= 0.6 is 15.9 Å². The molecule has 2 nitrogen and oxygen atoms in total. The quantitative estimate of drug-likeness (QED) is 0.890. The summed E-state index contributed by atoms with van der Waals surface area (Å²) < 4.78 is 13.5. The van der Waals surface area contributed by atoms with E-state index in [2.05, 4.69) is 21.2 Å². The molecule has 1 rings (SSSR count). The summed E-state index contributed by atoms with van der Waals surface area (Å²) in [5, 5.41) is 2.78. The molecule has 0 unspecified atom stereocenters. The number of amides is 1. The number of hydrogen-bond acceptors (Lipinski definition) is 1. The molecule has 0 saturated carbocycles. The highest BCUT2D eigenvalue weighted by atomic mass is 79.9. The summed E-state index contributed by atoms with van der Waals surface area (Å²) in [7, 11) is 0. The van der Waals surface area contributed by atoms with E-state index in [4.69, 9.17) is 0 Å². The average molecular weight is 288 g/mol. The number of rotatable bonds is 4. The Morgan fingerprint density at radius 3 is 2.81 bits per heavy atom. The first kappa shape index (κ1) is 13.2. The second-order valence-electron chi connectivity index (χ2n) is 3.73. The molecule has 0 fully saturated rings. The fourth-order valence-electron chi connectivity index (χ4n) is 1.33. The van der Waals surface area contributed by atoms with Crippen LogP contribution in [0.1, 0.15) is 31.7 Å². The van der Waals surface area contributed by atoms with Crippen molar-refractivity contribution in [3.8, 4) is 0 Å². The molecule has 1 aromatic carbocycles. The lowest BCUT2D eigenvalue weighted by Crippen LogP contribution is -2.12. The lowest BCUT2D eigenvalue weighted by molar-refractivity contribution is -0.116. The molecule has 0 heterocycles. The molecule has 1 amide bonds. The fraction of sp³-hybridized carbons (Fsp3) is 0.417. The third-order valence-electron chi connectivity index (χ3n) is 2.30. The zero-order valence-electron chi connectivity index (χ0n) is 9.44. The summed E-state index contributed by atoms with van der Waals surface area (Å²) in [6.07, 6.45) is 2.36. The van der Waals surface area contributed by atoms with E-state index in [1.807, 2.05) is 6.92 Å². The van der Waals surface area contributed by atoms with Crippen LogP contribution in [0.3, 0.4) is 0 Å². The Kier molecular flexibility index (Phi) is 4.93. The van der Waals surface area contributed by atoms with E-state index in [0.717, 1.165) is 18.4 Å². The Morgan fingerprint density at radius 2 is 2.19 bits per heavy atom. The van der Waals surface area contributed by atoms with Gasteiger partial charge < -0.3 is 5.32 Å². The van der Waals surface area contributed by atoms with E-state index < -0.39 is 0 Å². The zero-order chi connectivity index (χ0) is 12.1. The van der Waals surface area contributed by atoms with Crippen molar-refractivity contribution < 1.29 is 9.18 Å². The van der Waals surface area contributed by atoms with Gasteiger partial charge in [-0.1, -0.05) is 13.3 Å². The van der Waals surface area contributed by atoms with Crippen molar-refractivity contribution in [2.45, 2.75) is 33.1 Å². The Balaban J connectivity index is 2.73. The van der Waals surface area contributed by atoms with Crippen molar-refractivity contribution in [2.75, 3.05) is 5.32 Å². The van der Waals surface area contributed by atoms with Gasteiger partial charge in [-0.25, -0.2) is 4.39 Å². The summed E-state index contributed by atoms with van der Waals surface area (Å²) in [6, 6.07) is 2.99. The molecule has 0 aliphatic carbocycles. The molecule has 0 aliphatic rings. The van der Waals surface area contributed by atoms with Gasteiger partial charge in [0.25, 0.3) is 0 Å². The minimum absolute atomic E-state index is 0.0246. The first-order chi connectivity index (χ1) is 7.54. The number of hydrogen-bond donors (Lipinski definition) is 1. The van der Waals surface area contributed by atoms with Gasteiger partial charge in [0.15, 0.2) is 0 Å². The first-order valence-electron chi connectivity index (χ1n) is 5.30. The predicted molar refractivity (Wildman–Crippen MR) is 67.0 cm³/mol. The van der Waals surface area contributed by atoms with Crippen molar-refractivity contribution in [1.29, 1.82) is 0 Å². The number of carbonyl (C=O) groups excluding carboxylic acids is 1. The van der Waals surface area contributed by atoms with Gasteiger partial charge >= 0.3 is 0 Å². The molecule has 1 aromatic rings. The zero-order valence-corrected chi connectivity index (χ0v) is 11.0. The number of unbranched alkanes of at least 4 members (excludes halogenated alkanes) is 1. The van der Waals surface area contributed by atoms with Crippen LogP contribution in [0.25, 0.3) is 0 Å². The molecule has 0 aromatic heterocycles. The van der Waals surface area contributed by atoms with Crippen LogP contribution in [0.5, 0.6) is 0 Å². The van der Waals surface area contributed by atoms with Crippen LogP contribution in [0.2, 0.25) is 0 Å². The lowest BCUT2D eigenvalue weighted by Gasteiger charge is -2.09. The Hall–Kier alpha value is -0.900. The number of nitrogens with one attached hydrogen (secondary N) is 1.